The quantitative estimate of drug-likeness (QED) is 0.899. The second kappa shape index (κ2) is 5.96. The maximum Gasteiger partial charge on any atom is 0.183 e. The van der Waals surface area contributed by atoms with E-state index in [2.05, 4.69) is 22.2 Å². The molecule has 0 aliphatic carbocycles. The van der Waals surface area contributed by atoms with E-state index in [0.29, 0.717) is 4.47 Å². The van der Waals surface area contributed by atoms with E-state index < -0.39 is 0 Å². The number of aromatic nitrogens is 1. The Kier molecular flexibility index (Phi) is 4.58. The van der Waals surface area contributed by atoms with Crippen molar-refractivity contribution in [1.29, 1.82) is 0 Å². The standard InChI is InChI=1S/C11H18ClN3S/c1-15(7-9-3-2-4-13-5-9)8-10-6-14-11(12)16-10/h6,9,13H,2-5,7-8H2,1H3. The number of hydrogen-bond acceptors (Lipinski definition) is 4. The molecule has 1 N–H and O–H groups in total. The molecule has 1 aromatic heterocycles. The van der Waals surface area contributed by atoms with Gasteiger partial charge in [0.25, 0.3) is 0 Å². The van der Waals surface area contributed by atoms with Gasteiger partial charge in [-0.25, -0.2) is 4.98 Å². The first kappa shape index (κ1) is 12.3. The van der Waals surface area contributed by atoms with Crippen LogP contribution in [0.4, 0.5) is 0 Å². The number of piperidine rings is 1. The largest absolute Gasteiger partial charge is 0.316 e. The van der Waals surface area contributed by atoms with Crippen molar-refractivity contribution in [1.82, 2.24) is 15.2 Å². The molecule has 1 fully saturated rings. The number of rotatable bonds is 4. The molecule has 2 rings (SSSR count). The minimum Gasteiger partial charge on any atom is -0.316 e. The lowest BCUT2D eigenvalue weighted by Gasteiger charge is -2.27. The SMILES string of the molecule is CN(Cc1cnc(Cl)s1)CC1CCCNC1. The van der Waals surface area contributed by atoms with E-state index in [1.165, 1.54) is 24.3 Å². The van der Waals surface area contributed by atoms with Gasteiger partial charge >= 0.3 is 0 Å². The van der Waals surface area contributed by atoms with Crippen LogP contribution in [0.1, 0.15) is 17.7 Å². The molecule has 0 saturated carbocycles. The van der Waals surface area contributed by atoms with E-state index in [1.807, 2.05) is 6.20 Å². The van der Waals surface area contributed by atoms with Crippen molar-refractivity contribution in [3.63, 3.8) is 0 Å². The van der Waals surface area contributed by atoms with E-state index in [9.17, 15) is 0 Å². The van der Waals surface area contributed by atoms with Crippen LogP contribution in [0.15, 0.2) is 6.20 Å². The first-order valence-corrected chi connectivity index (χ1v) is 6.93. The van der Waals surface area contributed by atoms with Gasteiger partial charge in [-0.2, -0.15) is 0 Å². The van der Waals surface area contributed by atoms with Crippen molar-refractivity contribution in [3.8, 4) is 0 Å². The average molecular weight is 260 g/mol. The Hall–Kier alpha value is -0.160. The lowest BCUT2D eigenvalue weighted by atomic mass is 9.99. The molecule has 1 aliphatic rings. The Labute approximate surface area is 106 Å². The van der Waals surface area contributed by atoms with Crippen molar-refractivity contribution in [2.24, 2.45) is 5.92 Å². The minimum atomic E-state index is 0.641. The van der Waals surface area contributed by atoms with Gasteiger partial charge in [-0.3, -0.25) is 0 Å². The zero-order chi connectivity index (χ0) is 11.4. The maximum absolute atomic E-state index is 5.81. The second-order valence-corrected chi connectivity index (χ2v) is 6.19. The molecule has 1 aromatic rings. The zero-order valence-electron chi connectivity index (χ0n) is 9.58. The Morgan fingerprint density at radius 3 is 3.19 bits per heavy atom. The van der Waals surface area contributed by atoms with Gasteiger partial charge < -0.3 is 10.2 Å². The van der Waals surface area contributed by atoms with Gasteiger partial charge in [0.15, 0.2) is 4.47 Å². The molecule has 2 heterocycles. The van der Waals surface area contributed by atoms with Gasteiger partial charge in [-0.15, -0.1) is 11.3 Å². The molecule has 16 heavy (non-hydrogen) atoms. The fourth-order valence-electron chi connectivity index (χ4n) is 2.21. The highest BCUT2D eigenvalue weighted by molar-refractivity contribution is 7.15. The maximum atomic E-state index is 5.81. The third-order valence-corrected chi connectivity index (χ3v) is 4.02. The number of nitrogens with zero attached hydrogens (tertiary/aromatic N) is 2. The van der Waals surface area contributed by atoms with E-state index in [0.717, 1.165) is 25.6 Å². The van der Waals surface area contributed by atoms with Gasteiger partial charge in [0, 0.05) is 24.2 Å². The Morgan fingerprint density at radius 1 is 1.69 bits per heavy atom. The predicted octanol–water partition coefficient (Wildman–Crippen LogP) is 2.23. The highest BCUT2D eigenvalue weighted by Gasteiger charge is 2.15. The van der Waals surface area contributed by atoms with E-state index >= 15 is 0 Å². The smallest absolute Gasteiger partial charge is 0.183 e. The zero-order valence-corrected chi connectivity index (χ0v) is 11.2. The van der Waals surface area contributed by atoms with Crippen molar-refractivity contribution in [2.45, 2.75) is 19.4 Å². The molecule has 3 nitrogen and oxygen atoms in total. The fraction of sp³-hybridized carbons (Fsp3) is 0.727. The van der Waals surface area contributed by atoms with Crippen LogP contribution in [-0.4, -0.2) is 36.6 Å². The minimum absolute atomic E-state index is 0.641. The first-order chi connectivity index (χ1) is 7.74. The molecule has 90 valence electrons. The summed E-state index contributed by atoms with van der Waals surface area (Å²) in [6.07, 6.45) is 4.54. The average Bonchev–Trinajstić information content (AvgIpc) is 2.65. The molecule has 0 spiro atoms. The van der Waals surface area contributed by atoms with E-state index in [-0.39, 0.29) is 0 Å². The molecule has 1 atom stereocenters. The monoisotopic (exact) mass is 259 g/mol. The summed E-state index contributed by atoms with van der Waals surface area (Å²) < 4.78 is 0.641. The lowest BCUT2D eigenvalue weighted by Crippen LogP contribution is -2.36. The Bertz CT molecular complexity index is 323. The number of nitrogens with one attached hydrogen (secondary N) is 1. The van der Waals surface area contributed by atoms with E-state index in [1.54, 1.807) is 11.3 Å². The second-order valence-electron chi connectivity index (χ2n) is 4.49. The summed E-state index contributed by atoms with van der Waals surface area (Å²) in [5.41, 5.74) is 0. The van der Waals surface area contributed by atoms with Crippen LogP contribution in [0.25, 0.3) is 0 Å². The van der Waals surface area contributed by atoms with Crippen LogP contribution in [0, 0.1) is 5.92 Å². The summed E-state index contributed by atoms with van der Waals surface area (Å²) in [5.74, 6) is 0.794. The third kappa shape index (κ3) is 3.70. The Balaban J connectivity index is 1.77. The van der Waals surface area contributed by atoms with Crippen molar-refractivity contribution in [3.05, 3.63) is 15.5 Å². The third-order valence-electron chi connectivity index (χ3n) is 2.92. The predicted molar refractivity (Wildman–Crippen MR) is 69.1 cm³/mol. The van der Waals surface area contributed by atoms with E-state index in [4.69, 9.17) is 11.6 Å². The highest BCUT2D eigenvalue weighted by atomic mass is 35.5. The first-order valence-electron chi connectivity index (χ1n) is 5.73. The summed E-state index contributed by atoms with van der Waals surface area (Å²) in [4.78, 5) is 7.67. The summed E-state index contributed by atoms with van der Waals surface area (Å²) >= 11 is 7.39. The molecule has 1 unspecified atom stereocenters. The van der Waals surface area contributed by atoms with Crippen LogP contribution in [-0.2, 0) is 6.54 Å². The lowest BCUT2D eigenvalue weighted by molar-refractivity contribution is 0.239. The van der Waals surface area contributed by atoms with Crippen molar-refractivity contribution < 1.29 is 0 Å². The molecule has 0 bridgehead atoms. The molecule has 5 heteroatoms. The summed E-state index contributed by atoms with van der Waals surface area (Å²) in [7, 11) is 2.17. The number of hydrogen-bond donors (Lipinski definition) is 1. The number of thiazole rings is 1. The van der Waals surface area contributed by atoms with Gasteiger partial charge in [0.05, 0.1) is 0 Å². The van der Waals surface area contributed by atoms with Gasteiger partial charge in [-0.05, 0) is 38.9 Å². The number of halogens is 1. The van der Waals surface area contributed by atoms with Crippen LogP contribution >= 0.6 is 22.9 Å². The van der Waals surface area contributed by atoms with Gasteiger partial charge in [0.1, 0.15) is 0 Å². The molecule has 1 saturated heterocycles. The molecule has 0 aromatic carbocycles. The molecule has 0 radical (unpaired) electrons. The van der Waals surface area contributed by atoms with Crippen molar-refractivity contribution >= 4 is 22.9 Å². The summed E-state index contributed by atoms with van der Waals surface area (Å²) in [5, 5.41) is 3.45. The van der Waals surface area contributed by atoms with Crippen LogP contribution < -0.4 is 5.32 Å². The highest BCUT2D eigenvalue weighted by Crippen LogP contribution is 2.20. The van der Waals surface area contributed by atoms with Crippen LogP contribution in [0.5, 0.6) is 0 Å². The van der Waals surface area contributed by atoms with Crippen LogP contribution in [0.2, 0.25) is 4.47 Å². The molecular formula is C11H18ClN3S. The molecule has 1 aliphatic heterocycles. The Morgan fingerprint density at radius 2 is 2.56 bits per heavy atom. The van der Waals surface area contributed by atoms with Crippen LogP contribution in [0.3, 0.4) is 0 Å². The van der Waals surface area contributed by atoms with Gasteiger partial charge in [0.2, 0.25) is 0 Å². The molecular weight excluding hydrogens is 242 g/mol. The summed E-state index contributed by atoms with van der Waals surface area (Å²) in [6.45, 7) is 4.46. The normalized spacial score (nSPS) is 21.6. The summed E-state index contributed by atoms with van der Waals surface area (Å²) in [6, 6.07) is 0. The van der Waals surface area contributed by atoms with Crippen molar-refractivity contribution in [2.75, 3.05) is 26.7 Å². The topological polar surface area (TPSA) is 28.2 Å². The fourth-order valence-corrected chi connectivity index (χ4v) is 3.27. The van der Waals surface area contributed by atoms with Gasteiger partial charge in [-0.1, -0.05) is 11.6 Å². The molecule has 0 amide bonds.